The molecule has 1 saturated heterocycles. The standard InChI is InChI=1S/C18H20N2O4S2/c1-2-20(15-8-10-26(23,24)12-15)18(22)13-5-3-6-14(11-13)19-17(21)16-7-4-9-25-16/h3-7,9,11,15H,2,8,10,12H2,1H3,(H,19,21). The minimum absolute atomic E-state index is 0.0153. The van der Waals surface area contributed by atoms with Gasteiger partial charge in [-0.05, 0) is 43.0 Å². The van der Waals surface area contributed by atoms with Gasteiger partial charge in [-0.1, -0.05) is 12.1 Å². The quantitative estimate of drug-likeness (QED) is 0.848. The maximum atomic E-state index is 12.9. The van der Waals surface area contributed by atoms with E-state index < -0.39 is 9.84 Å². The Bertz CT molecular complexity index is 907. The minimum atomic E-state index is -3.07. The van der Waals surface area contributed by atoms with Crippen molar-refractivity contribution in [3.63, 3.8) is 0 Å². The van der Waals surface area contributed by atoms with Crippen LogP contribution in [0, 0.1) is 0 Å². The van der Waals surface area contributed by atoms with Gasteiger partial charge in [0.25, 0.3) is 11.8 Å². The van der Waals surface area contributed by atoms with Gasteiger partial charge in [-0.15, -0.1) is 11.3 Å². The van der Waals surface area contributed by atoms with Crippen LogP contribution >= 0.6 is 11.3 Å². The van der Waals surface area contributed by atoms with Crippen molar-refractivity contribution in [2.45, 2.75) is 19.4 Å². The van der Waals surface area contributed by atoms with Crippen molar-refractivity contribution in [2.24, 2.45) is 0 Å². The van der Waals surface area contributed by atoms with E-state index in [1.807, 2.05) is 12.3 Å². The van der Waals surface area contributed by atoms with E-state index in [0.29, 0.717) is 29.1 Å². The molecule has 1 aromatic heterocycles. The van der Waals surface area contributed by atoms with Crippen molar-refractivity contribution >= 4 is 38.7 Å². The molecule has 0 bridgehead atoms. The van der Waals surface area contributed by atoms with Crippen LogP contribution in [0.1, 0.15) is 33.4 Å². The van der Waals surface area contributed by atoms with Crippen LogP contribution in [-0.4, -0.2) is 49.2 Å². The fourth-order valence-corrected chi connectivity index (χ4v) is 5.43. The van der Waals surface area contributed by atoms with Gasteiger partial charge in [0.2, 0.25) is 0 Å². The summed E-state index contributed by atoms with van der Waals surface area (Å²) in [5.74, 6) is -0.305. The second-order valence-corrected chi connectivity index (χ2v) is 9.34. The van der Waals surface area contributed by atoms with E-state index in [0.717, 1.165) is 0 Å². The van der Waals surface area contributed by atoms with Gasteiger partial charge in [-0.25, -0.2) is 8.42 Å². The zero-order valence-electron chi connectivity index (χ0n) is 14.3. The summed E-state index contributed by atoms with van der Waals surface area (Å²) in [7, 11) is -3.07. The monoisotopic (exact) mass is 392 g/mol. The van der Waals surface area contributed by atoms with E-state index in [1.165, 1.54) is 11.3 Å². The van der Waals surface area contributed by atoms with Crippen LogP contribution in [0.5, 0.6) is 0 Å². The SMILES string of the molecule is CCN(C(=O)c1cccc(NC(=O)c2cccs2)c1)C1CCS(=O)(=O)C1. The largest absolute Gasteiger partial charge is 0.335 e. The van der Waals surface area contributed by atoms with E-state index in [2.05, 4.69) is 5.32 Å². The van der Waals surface area contributed by atoms with Gasteiger partial charge < -0.3 is 10.2 Å². The molecule has 2 heterocycles. The van der Waals surface area contributed by atoms with Gasteiger partial charge in [0.15, 0.2) is 9.84 Å². The lowest BCUT2D eigenvalue weighted by Gasteiger charge is -2.27. The van der Waals surface area contributed by atoms with Crippen molar-refractivity contribution in [3.05, 3.63) is 52.2 Å². The molecule has 2 amide bonds. The van der Waals surface area contributed by atoms with Crippen molar-refractivity contribution in [2.75, 3.05) is 23.4 Å². The fraction of sp³-hybridized carbons (Fsp3) is 0.333. The molecule has 1 atom stereocenters. The maximum absolute atomic E-state index is 12.9. The highest BCUT2D eigenvalue weighted by Crippen LogP contribution is 2.21. The number of hydrogen-bond donors (Lipinski definition) is 1. The summed E-state index contributed by atoms with van der Waals surface area (Å²) in [6.45, 7) is 2.27. The van der Waals surface area contributed by atoms with Crippen LogP contribution in [0.2, 0.25) is 0 Å². The summed E-state index contributed by atoms with van der Waals surface area (Å²) in [6.07, 6.45) is 0.469. The third kappa shape index (κ3) is 4.13. The summed E-state index contributed by atoms with van der Waals surface area (Å²) >= 11 is 1.34. The lowest BCUT2D eigenvalue weighted by Crippen LogP contribution is -2.41. The Kier molecular flexibility index (Phi) is 5.43. The number of rotatable bonds is 5. The number of thiophene rings is 1. The lowest BCUT2D eigenvalue weighted by molar-refractivity contribution is 0.0708. The van der Waals surface area contributed by atoms with Gasteiger partial charge in [0.05, 0.1) is 16.4 Å². The molecule has 0 aliphatic carbocycles. The number of anilines is 1. The lowest BCUT2D eigenvalue weighted by atomic mass is 10.1. The third-order valence-corrected chi connectivity index (χ3v) is 6.98. The van der Waals surface area contributed by atoms with Gasteiger partial charge in [0, 0.05) is 23.8 Å². The molecule has 0 spiro atoms. The molecule has 1 fully saturated rings. The van der Waals surface area contributed by atoms with E-state index in [-0.39, 0.29) is 29.4 Å². The summed E-state index contributed by atoms with van der Waals surface area (Å²) in [4.78, 5) is 27.2. The molecule has 0 radical (unpaired) electrons. The Morgan fingerprint density at radius 1 is 1.27 bits per heavy atom. The number of carbonyl (C=O) groups is 2. The van der Waals surface area contributed by atoms with E-state index in [4.69, 9.17) is 0 Å². The predicted molar refractivity (Wildman–Crippen MR) is 102 cm³/mol. The Balaban J connectivity index is 1.76. The number of hydrogen-bond acceptors (Lipinski definition) is 5. The van der Waals surface area contributed by atoms with E-state index in [9.17, 15) is 18.0 Å². The van der Waals surface area contributed by atoms with Crippen molar-refractivity contribution in [3.8, 4) is 0 Å². The molecular weight excluding hydrogens is 372 g/mol. The van der Waals surface area contributed by atoms with E-state index >= 15 is 0 Å². The van der Waals surface area contributed by atoms with Crippen LogP contribution in [0.3, 0.4) is 0 Å². The maximum Gasteiger partial charge on any atom is 0.265 e. The molecule has 0 saturated carbocycles. The Morgan fingerprint density at radius 3 is 2.69 bits per heavy atom. The number of sulfone groups is 1. The number of amides is 2. The predicted octanol–water partition coefficient (Wildman–Crippen LogP) is 2.65. The van der Waals surface area contributed by atoms with Gasteiger partial charge in [-0.3, -0.25) is 9.59 Å². The van der Waals surface area contributed by atoms with Crippen molar-refractivity contribution in [1.82, 2.24) is 4.90 Å². The third-order valence-electron chi connectivity index (χ3n) is 4.36. The van der Waals surface area contributed by atoms with Gasteiger partial charge >= 0.3 is 0 Å². The molecule has 1 aliphatic heterocycles. The number of benzene rings is 1. The smallest absolute Gasteiger partial charge is 0.265 e. The number of nitrogens with zero attached hydrogens (tertiary/aromatic N) is 1. The first-order chi connectivity index (χ1) is 12.4. The summed E-state index contributed by atoms with van der Waals surface area (Å²) < 4.78 is 23.4. The molecule has 3 rings (SSSR count). The van der Waals surface area contributed by atoms with Crippen molar-refractivity contribution < 1.29 is 18.0 Å². The molecule has 2 aromatic rings. The van der Waals surface area contributed by atoms with Gasteiger partial charge in [-0.2, -0.15) is 0 Å². The van der Waals surface area contributed by atoms with Crippen molar-refractivity contribution in [1.29, 1.82) is 0 Å². The average Bonchev–Trinajstić information content (AvgIpc) is 3.25. The Labute approximate surface area is 156 Å². The summed E-state index contributed by atoms with van der Waals surface area (Å²) in [5.41, 5.74) is 0.962. The average molecular weight is 393 g/mol. The molecule has 1 aliphatic rings. The topological polar surface area (TPSA) is 83.6 Å². The molecule has 26 heavy (non-hydrogen) atoms. The van der Waals surface area contributed by atoms with Crippen LogP contribution in [0.25, 0.3) is 0 Å². The molecular formula is C18H20N2O4S2. The highest BCUT2D eigenvalue weighted by molar-refractivity contribution is 7.91. The second-order valence-electron chi connectivity index (χ2n) is 6.16. The summed E-state index contributed by atoms with van der Waals surface area (Å²) in [6, 6.07) is 9.97. The zero-order valence-corrected chi connectivity index (χ0v) is 16.0. The first-order valence-electron chi connectivity index (χ1n) is 8.36. The second kappa shape index (κ2) is 7.59. The highest BCUT2D eigenvalue weighted by Gasteiger charge is 2.34. The number of nitrogens with one attached hydrogen (secondary N) is 1. The van der Waals surface area contributed by atoms with Crippen LogP contribution in [0.4, 0.5) is 5.69 Å². The Hall–Kier alpha value is -2.19. The zero-order chi connectivity index (χ0) is 18.7. The molecule has 6 nitrogen and oxygen atoms in total. The molecule has 8 heteroatoms. The first kappa shape index (κ1) is 18.6. The van der Waals surface area contributed by atoms with Crippen LogP contribution < -0.4 is 5.32 Å². The highest BCUT2D eigenvalue weighted by atomic mass is 32.2. The Morgan fingerprint density at radius 2 is 2.08 bits per heavy atom. The molecule has 1 N–H and O–H groups in total. The molecule has 1 aromatic carbocycles. The fourth-order valence-electron chi connectivity index (χ4n) is 3.09. The number of carbonyl (C=O) groups excluding carboxylic acids is 2. The molecule has 138 valence electrons. The first-order valence-corrected chi connectivity index (χ1v) is 11.1. The minimum Gasteiger partial charge on any atom is -0.335 e. The van der Waals surface area contributed by atoms with E-state index in [1.54, 1.807) is 41.3 Å². The van der Waals surface area contributed by atoms with Crippen LogP contribution in [0.15, 0.2) is 41.8 Å². The van der Waals surface area contributed by atoms with Crippen LogP contribution in [-0.2, 0) is 9.84 Å². The molecule has 1 unspecified atom stereocenters. The normalized spacial score (nSPS) is 18.4. The van der Waals surface area contributed by atoms with Gasteiger partial charge in [0.1, 0.15) is 0 Å². The summed E-state index contributed by atoms with van der Waals surface area (Å²) in [5, 5.41) is 4.61.